The molecule has 0 heterocycles. The molecule has 0 saturated carbocycles. The van der Waals surface area contributed by atoms with Crippen LogP contribution in [0.15, 0.2) is 35.3 Å². The summed E-state index contributed by atoms with van der Waals surface area (Å²) in [6.07, 6.45) is 1.74. The third-order valence-corrected chi connectivity index (χ3v) is 2.78. The molecule has 1 unspecified atom stereocenters. The van der Waals surface area contributed by atoms with Crippen LogP contribution in [0, 0.1) is 6.92 Å². The Kier molecular flexibility index (Phi) is 3.06. The van der Waals surface area contributed by atoms with Gasteiger partial charge in [0.05, 0.1) is 0 Å². The maximum Gasteiger partial charge on any atom is 0.0481 e. The van der Waals surface area contributed by atoms with Crippen molar-refractivity contribution in [3.05, 3.63) is 46.5 Å². The first-order chi connectivity index (χ1) is 5.66. The van der Waals surface area contributed by atoms with Crippen molar-refractivity contribution in [2.24, 2.45) is 5.73 Å². The average molecular weight is 226 g/mol. The summed E-state index contributed by atoms with van der Waals surface area (Å²) in [6, 6.07) is 5.94. The molecule has 1 rings (SSSR count). The van der Waals surface area contributed by atoms with Crippen LogP contribution in [0.2, 0.25) is 0 Å². The van der Waals surface area contributed by atoms with Gasteiger partial charge in [0.15, 0.2) is 0 Å². The van der Waals surface area contributed by atoms with Crippen molar-refractivity contribution in [2.75, 3.05) is 0 Å². The van der Waals surface area contributed by atoms with Gasteiger partial charge in [-0.1, -0.05) is 34.1 Å². The summed E-state index contributed by atoms with van der Waals surface area (Å²) in [5.74, 6) is 0. The van der Waals surface area contributed by atoms with Crippen LogP contribution in [0.4, 0.5) is 0 Å². The Labute approximate surface area is 81.4 Å². The predicted molar refractivity (Wildman–Crippen MR) is 56.0 cm³/mol. The summed E-state index contributed by atoms with van der Waals surface area (Å²) in [5.41, 5.74) is 8.13. The monoisotopic (exact) mass is 225 g/mol. The maximum absolute atomic E-state index is 5.83. The van der Waals surface area contributed by atoms with Gasteiger partial charge in [0.2, 0.25) is 0 Å². The molecule has 0 bridgehead atoms. The molecule has 0 amide bonds. The lowest BCUT2D eigenvalue weighted by Crippen LogP contribution is -2.08. The second-order valence-electron chi connectivity index (χ2n) is 2.72. The highest BCUT2D eigenvalue weighted by atomic mass is 79.9. The van der Waals surface area contributed by atoms with Crippen molar-refractivity contribution in [1.82, 2.24) is 0 Å². The van der Waals surface area contributed by atoms with Crippen LogP contribution >= 0.6 is 15.9 Å². The summed E-state index contributed by atoms with van der Waals surface area (Å²) in [4.78, 5) is 0. The van der Waals surface area contributed by atoms with Crippen molar-refractivity contribution in [3.63, 3.8) is 0 Å². The Bertz CT molecular complexity index is 294. The normalized spacial score (nSPS) is 12.6. The molecular formula is C10H12BrN. The lowest BCUT2D eigenvalue weighted by Gasteiger charge is -2.11. The summed E-state index contributed by atoms with van der Waals surface area (Å²) in [5, 5.41) is 0. The van der Waals surface area contributed by atoms with E-state index in [0.29, 0.717) is 0 Å². The fourth-order valence-corrected chi connectivity index (χ4v) is 1.49. The van der Waals surface area contributed by atoms with Gasteiger partial charge in [-0.15, -0.1) is 6.58 Å². The van der Waals surface area contributed by atoms with Gasteiger partial charge in [-0.25, -0.2) is 0 Å². The van der Waals surface area contributed by atoms with E-state index in [9.17, 15) is 0 Å². The first kappa shape index (κ1) is 9.49. The highest BCUT2D eigenvalue weighted by Crippen LogP contribution is 2.23. The molecular weight excluding hydrogens is 214 g/mol. The van der Waals surface area contributed by atoms with Crippen LogP contribution in [-0.2, 0) is 0 Å². The van der Waals surface area contributed by atoms with Gasteiger partial charge in [-0.3, -0.25) is 0 Å². The first-order valence-electron chi connectivity index (χ1n) is 3.80. The zero-order valence-corrected chi connectivity index (χ0v) is 8.64. The van der Waals surface area contributed by atoms with Crippen molar-refractivity contribution in [2.45, 2.75) is 13.0 Å². The Morgan fingerprint density at radius 1 is 1.58 bits per heavy atom. The van der Waals surface area contributed by atoms with E-state index in [0.717, 1.165) is 10.0 Å². The van der Waals surface area contributed by atoms with E-state index < -0.39 is 0 Å². The lowest BCUT2D eigenvalue weighted by atomic mass is 10.0. The highest BCUT2D eigenvalue weighted by molar-refractivity contribution is 9.10. The van der Waals surface area contributed by atoms with Gasteiger partial charge < -0.3 is 5.73 Å². The van der Waals surface area contributed by atoms with Crippen LogP contribution in [0.1, 0.15) is 17.2 Å². The van der Waals surface area contributed by atoms with Crippen molar-refractivity contribution < 1.29 is 0 Å². The number of hydrogen-bond acceptors (Lipinski definition) is 1. The zero-order valence-electron chi connectivity index (χ0n) is 7.05. The van der Waals surface area contributed by atoms with Crippen molar-refractivity contribution >= 4 is 15.9 Å². The second kappa shape index (κ2) is 3.87. The summed E-state index contributed by atoms with van der Waals surface area (Å²) >= 11 is 3.45. The van der Waals surface area contributed by atoms with E-state index in [1.165, 1.54) is 5.56 Å². The summed E-state index contributed by atoms with van der Waals surface area (Å²) < 4.78 is 1.09. The van der Waals surface area contributed by atoms with Crippen LogP contribution < -0.4 is 5.73 Å². The van der Waals surface area contributed by atoms with E-state index in [2.05, 4.69) is 22.5 Å². The molecule has 0 aliphatic rings. The number of nitrogens with two attached hydrogens (primary N) is 1. The minimum atomic E-state index is -0.0671. The molecule has 12 heavy (non-hydrogen) atoms. The van der Waals surface area contributed by atoms with Crippen molar-refractivity contribution in [1.29, 1.82) is 0 Å². The minimum absolute atomic E-state index is 0.0671. The summed E-state index contributed by atoms with van der Waals surface area (Å²) in [6.45, 7) is 5.71. The van der Waals surface area contributed by atoms with Crippen LogP contribution in [0.25, 0.3) is 0 Å². The SMILES string of the molecule is C=CC(N)c1cccc(Br)c1C. The minimum Gasteiger partial charge on any atom is -0.321 e. The zero-order chi connectivity index (χ0) is 9.14. The Morgan fingerprint density at radius 2 is 2.25 bits per heavy atom. The molecule has 1 aromatic carbocycles. The molecule has 0 fully saturated rings. The van der Waals surface area contributed by atoms with Gasteiger partial charge in [-0.2, -0.15) is 0 Å². The largest absolute Gasteiger partial charge is 0.321 e. The van der Waals surface area contributed by atoms with E-state index in [4.69, 9.17) is 5.73 Å². The Morgan fingerprint density at radius 3 is 2.83 bits per heavy atom. The number of rotatable bonds is 2. The third kappa shape index (κ3) is 1.76. The molecule has 64 valence electrons. The Hall–Kier alpha value is -0.600. The van der Waals surface area contributed by atoms with Crippen LogP contribution in [0.3, 0.4) is 0 Å². The van der Waals surface area contributed by atoms with E-state index in [1.807, 2.05) is 25.1 Å². The lowest BCUT2D eigenvalue weighted by molar-refractivity contribution is 0.900. The van der Waals surface area contributed by atoms with E-state index in [1.54, 1.807) is 6.08 Å². The topological polar surface area (TPSA) is 26.0 Å². The van der Waals surface area contributed by atoms with Crippen molar-refractivity contribution in [3.8, 4) is 0 Å². The molecule has 0 radical (unpaired) electrons. The molecule has 2 N–H and O–H groups in total. The smallest absolute Gasteiger partial charge is 0.0481 e. The number of hydrogen-bond donors (Lipinski definition) is 1. The van der Waals surface area contributed by atoms with E-state index in [-0.39, 0.29) is 6.04 Å². The molecule has 1 aromatic rings. The first-order valence-corrected chi connectivity index (χ1v) is 4.59. The van der Waals surface area contributed by atoms with Gasteiger partial charge in [0, 0.05) is 10.5 Å². The number of halogens is 1. The molecule has 1 nitrogen and oxygen atoms in total. The average Bonchev–Trinajstić information content (AvgIpc) is 2.08. The number of benzene rings is 1. The predicted octanol–water partition coefficient (Wildman–Crippen LogP) is 2.94. The van der Waals surface area contributed by atoms with Gasteiger partial charge in [-0.05, 0) is 24.1 Å². The second-order valence-corrected chi connectivity index (χ2v) is 3.57. The van der Waals surface area contributed by atoms with Gasteiger partial charge >= 0.3 is 0 Å². The molecule has 2 heteroatoms. The Balaban J connectivity index is 3.15. The molecule has 0 aromatic heterocycles. The fraction of sp³-hybridized carbons (Fsp3) is 0.200. The maximum atomic E-state index is 5.83. The standard InChI is InChI=1S/C10H12BrN/c1-3-10(12)8-5-4-6-9(11)7(8)2/h3-6,10H,1,12H2,2H3. The van der Waals surface area contributed by atoms with Gasteiger partial charge in [0.25, 0.3) is 0 Å². The quantitative estimate of drug-likeness (QED) is 0.771. The van der Waals surface area contributed by atoms with Gasteiger partial charge in [0.1, 0.15) is 0 Å². The molecule has 0 saturated heterocycles. The van der Waals surface area contributed by atoms with Crippen LogP contribution in [-0.4, -0.2) is 0 Å². The fourth-order valence-electron chi connectivity index (χ4n) is 1.11. The van der Waals surface area contributed by atoms with E-state index >= 15 is 0 Å². The highest BCUT2D eigenvalue weighted by Gasteiger charge is 2.05. The molecule has 0 aliphatic carbocycles. The summed E-state index contributed by atoms with van der Waals surface area (Å²) in [7, 11) is 0. The molecule has 0 spiro atoms. The molecule has 0 aliphatic heterocycles. The third-order valence-electron chi connectivity index (χ3n) is 1.92. The molecule has 1 atom stereocenters. The van der Waals surface area contributed by atoms with Crippen LogP contribution in [0.5, 0.6) is 0 Å².